The molecule has 0 bridgehead atoms. The van der Waals surface area contributed by atoms with Crippen LogP contribution >= 0.6 is 0 Å². The van der Waals surface area contributed by atoms with Crippen molar-refractivity contribution in [3.05, 3.63) is 0 Å². The van der Waals surface area contributed by atoms with Crippen LogP contribution in [-0.2, 0) is 9.59 Å². The van der Waals surface area contributed by atoms with Crippen LogP contribution in [0.1, 0.15) is 65.2 Å². The maximum absolute atomic E-state index is 11.5. The molecular weight excluding hydrogens is 224 g/mol. The minimum Gasteiger partial charge on any atom is -0.300 e. The van der Waals surface area contributed by atoms with Crippen LogP contribution in [0.25, 0.3) is 0 Å². The molecule has 0 heterocycles. The third-order valence-corrected chi connectivity index (χ3v) is 5.25. The van der Waals surface area contributed by atoms with Crippen molar-refractivity contribution in [1.82, 2.24) is 0 Å². The highest BCUT2D eigenvalue weighted by atomic mass is 16.1. The molecule has 0 aromatic rings. The Labute approximate surface area is 111 Å². The Balaban J connectivity index is 1.76. The summed E-state index contributed by atoms with van der Waals surface area (Å²) in [6.45, 7) is 4.58. The fraction of sp³-hybridized carbons (Fsp3) is 0.875. The first-order chi connectivity index (χ1) is 8.56. The van der Waals surface area contributed by atoms with Crippen LogP contribution in [0.5, 0.6) is 0 Å². The molecule has 2 rings (SSSR count). The van der Waals surface area contributed by atoms with Crippen LogP contribution in [-0.4, -0.2) is 11.6 Å². The Kier molecular flexibility index (Phi) is 4.58. The zero-order valence-corrected chi connectivity index (χ0v) is 11.8. The minimum atomic E-state index is 0.452. The summed E-state index contributed by atoms with van der Waals surface area (Å²) in [5, 5.41) is 0. The molecule has 2 saturated carbocycles. The lowest BCUT2D eigenvalue weighted by molar-refractivity contribution is -0.122. The third-order valence-electron chi connectivity index (χ3n) is 5.25. The molecule has 2 fully saturated rings. The van der Waals surface area contributed by atoms with Gasteiger partial charge in [-0.25, -0.2) is 0 Å². The predicted molar refractivity (Wildman–Crippen MR) is 72.3 cm³/mol. The molecule has 2 heteroatoms. The van der Waals surface area contributed by atoms with Gasteiger partial charge in [0.15, 0.2) is 0 Å². The second kappa shape index (κ2) is 5.99. The molecule has 2 nitrogen and oxygen atoms in total. The fourth-order valence-electron chi connectivity index (χ4n) is 3.65. The standard InChI is InChI=1S/C16H26O2/c1-11(14-6-8-16(18)10-14)3-5-13-9-15(17)7-4-12(13)2/h11-14H,3-10H2,1-2H3/t11-,12?,13+,14+/m0/s1. The Morgan fingerprint density at radius 2 is 1.78 bits per heavy atom. The van der Waals surface area contributed by atoms with Gasteiger partial charge in [-0.1, -0.05) is 20.3 Å². The average Bonchev–Trinajstić information content (AvgIpc) is 2.77. The van der Waals surface area contributed by atoms with Gasteiger partial charge in [-0.05, 0) is 42.9 Å². The van der Waals surface area contributed by atoms with Crippen LogP contribution in [0, 0.1) is 23.7 Å². The van der Waals surface area contributed by atoms with Gasteiger partial charge < -0.3 is 0 Å². The van der Waals surface area contributed by atoms with Crippen LogP contribution < -0.4 is 0 Å². The van der Waals surface area contributed by atoms with E-state index < -0.39 is 0 Å². The lowest BCUT2D eigenvalue weighted by Gasteiger charge is -2.29. The molecule has 0 radical (unpaired) electrons. The monoisotopic (exact) mass is 250 g/mol. The van der Waals surface area contributed by atoms with E-state index in [9.17, 15) is 9.59 Å². The fourth-order valence-corrected chi connectivity index (χ4v) is 3.65. The number of hydrogen-bond donors (Lipinski definition) is 0. The maximum atomic E-state index is 11.5. The number of carbonyl (C=O) groups is 2. The molecule has 2 aliphatic rings. The normalized spacial score (nSPS) is 34.9. The zero-order valence-electron chi connectivity index (χ0n) is 11.8. The Bertz CT molecular complexity index is 321. The van der Waals surface area contributed by atoms with Gasteiger partial charge in [-0.15, -0.1) is 0 Å². The van der Waals surface area contributed by atoms with E-state index in [1.807, 2.05) is 0 Å². The van der Waals surface area contributed by atoms with Gasteiger partial charge in [0.1, 0.15) is 11.6 Å². The Morgan fingerprint density at radius 1 is 1.11 bits per heavy atom. The largest absolute Gasteiger partial charge is 0.300 e. The van der Waals surface area contributed by atoms with Crippen molar-refractivity contribution in [2.24, 2.45) is 23.7 Å². The summed E-state index contributed by atoms with van der Waals surface area (Å²) in [6.07, 6.45) is 7.76. The highest BCUT2D eigenvalue weighted by Gasteiger charge is 2.29. The highest BCUT2D eigenvalue weighted by Crippen LogP contribution is 2.36. The summed E-state index contributed by atoms with van der Waals surface area (Å²) in [6, 6.07) is 0. The summed E-state index contributed by atoms with van der Waals surface area (Å²) in [7, 11) is 0. The molecule has 0 saturated heterocycles. The summed E-state index contributed by atoms with van der Waals surface area (Å²) in [5.74, 6) is 3.49. The van der Waals surface area contributed by atoms with E-state index in [0.717, 1.165) is 38.5 Å². The van der Waals surface area contributed by atoms with E-state index in [-0.39, 0.29) is 0 Å². The highest BCUT2D eigenvalue weighted by molar-refractivity contribution is 5.80. The zero-order chi connectivity index (χ0) is 13.1. The summed E-state index contributed by atoms with van der Waals surface area (Å²) in [4.78, 5) is 22.8. The number of carbonyl (C=O) groups excluding carboxylic acids is 2. The summed E-state index contributed by atoms with van der Waals surface area (Å²) >= 11 is 0. The topological polar surface area (TPSA) is 34.1 Å². The van der Waals surface area contributed by atoms with E-state index >= 15 is 0 Å². The van der Waals surface area contributed by atoms with Crippen LogP contribution in [0.15, 0.2) is 0 Å². The molecule has 4 atom stereocenters. The quantitative estimate of drug-likeness (QED) is 0.761. The first kappa shape index (κ1) is 13.8. The molecule has 0 aliphatic heterocycles. The lowest BCUT2D eigenvalue weighted by Crippen LogP contribution is -2.24. The van der Waals surface area contributed by atoms with Gasteiger partial charge in [0, 0.05) is 25.7 Å². The number of ketones is 2. The van der Waals surface area contributed by atoms with E-state index in [2.05, 4.69) is 13.8 Å². The molecule has 0 amide bonds. The number of hydrogen-bond acceptors (Lipinski definition) is 2. The maximum Gasteiger partial charge on any atom is 0.133 e. The molecule has 0 spiro atoms. The molecule has 0 N–H and O–H groups in total. The number of Topliss-reactive ketones (excluding diaryl/α,β-unsaturated/α-hetero) is 2. The van der Waals surface area contributed by atoms with Crippen molar-refractivity contribution in [2.75, 3.05) is 0 Å². The van der Waals surface area contributed by atoms with Gasteiger partial charge in [-0.2, -0.15) is 0 Å². The second-order valence-corrected chi connectivity index (χ2v) is 6.62. The molecule has 1 unspecified atom stereocenters. The van der Waals surface area contributed by atoms with Gasteiger partial charge >= 0.3 is 0 Å². The summed E-state index contributed by atoms with van der Waals surface area (Å²) < 4.78 is 0. The van der Waals surface area contributed by atoms with Crippen molar-refractivity contribution in [2.45, 2.75) is 65.2 Å². The molecule has 102 valence electrons. The molecule has 18 heavy (non-hydrogen) atoms. The number of rotatable bonds is 4. The van der Waals surface area contributed by atoms with E-state index in [1.54, 1.807) is 0 Å². The van der Waals surface area contributed by atoms with E-state index in [0.29, 0.717) is 35.2 Å². The van der Waals surface area contributed by atoms with Crippen LogP contribution in [0.4, 0.5) is 0 Å². The first-order valence-corrected chi connectivity index (χ1v) is 7.59. The molecule has 0 aromatic carbocycles. The molecular formula is C16H26O2. The third kappa shape index (κ3) is 3.43. The van der Waals surface area contributed by atoms with Gasteiger partial charge in [0.05, 0.1) is 0 Å². The predicted octanol–water partition coefficient (Wildman–Crippen LogP) is 3.78. The Morgan fingerprint density at radius 3 is 2.44 bits per heavy atom. The first-order valence-electron chi connectivity index (χ1n) is 7.59. The van der Waals surface area contributed by atoms with Crippen molar-refractivity contribution >= 4 is 11.6 Å². The van der Waals surface area contributed by atoms with Gasteiger partial charge in [0.2, 0.25) is 0 Å². The van der Waals surface area contributed by atoms with Gasteiger partial charge in [-0.3, -0.25) is 9.59 Å². The van der Waals surface area contributed by atoms with Gasteiger partial charge in [0.25, 0.3) is 0 Å². The van der Waals surface area contributed by atoms with Crippen molar-refractivity contribution in [3.8, 4) is 0 Å². The SMILES string of the molecule is CC1CCC(=O)C[C@H]1CC[C@H](C)[C@@H]1CCC(=O)C1. The van der Waals surface area contributed by atoms with E-state index in [4.69, 9.17) is 0 Å². The van der Waals surface area contributed by atoms with Crippen LogP contribution in [0.2, 0.25) is 0 Å². The smallest absolute Gasteiger partial charge is 0.133 e. The minimum absolute atomic E-state index is 0.452. The van der Waals surface area contributed by atoms with Crippen LogP contribution in [0.3, 0.4) is 0 Å². The van der Waals surface area contributed by atoms with Crippen molar-refractivity contribution in [1.29, 1.82) is 0 Å². The summed E-state index contributed by atoms with van der Waals surface area (Å²) in [5.41, 5.74) is 0. The average molecular weight is 250 g/mol. The van der Waals surface area contributed by atoms with Crippen molar-refractivity contribution in [3.63, 3.8) is 0 Å². The second-order valence-electron chi connectivity index (χ2n) is 6.62. The van der Waals surface area contributed by atoms with E-state index in [1.165, 1.54) is 12.8 Å². The lowest BCUT2D eigenvalue weighted by atomic mass is 9.75. The Hall–Kier alpha value is -0.660. The van der Waals surface area contributed by atoms with Crippen molar-refractivity contribution < 1.29 is 9.59 Å². The molecule has 0 aromatic heterocycles. The molecule has 2 aliphatic carbocycles.